The van der Waals surface area contributed by atoms with Gasteiger partial charge < -0.3 is 19.6 Å². The average Bonchev–Trinajstić information content (AvgIpc) is 2.90. The number of carboxylic acid groups (broad SMARTS) is 1. The van der Waals surface area contributed by atoms with Gasteiger partial charge in [0.05, 0.1) is 5.97 Å². The fraction of sp³-hybridized carbons (Fsp3) is 0.385. The molecule has 2 aromatic heterocycles. The smallest absolute Gasteiger partial charge is 0.545 e. The fourth-order valence-corrected chi connectivity index (χ4v) is 2.02. The molecule has 2 heterocycles. The molecule has 1 aliphatic rings. The number of pyridine rings is 1. The van der Waals surface area contributed by atoms with Crippen LogP contribution in [0.3, 0.4) is 0 Å². The average molecular weight is 251 g/mol. The van der Waals surface area contributed by atoms with Gasteiger partial charge in [-0.2, -0.15) is 0 Å². The molecular formula is C13H14LiN3O2. The van der Waals surface area contributed by atoms with Crippen LogP contribution in [0.2, 0.25) is 0 Å². The van der Waals surface area contributed by atoms with Crippen LogP contribution in [0.15, 0.2) is 24.7 Å². The van der Waals surface area contributed by atoms with E-state index in [1.807, 2.05) is 6.20 Å². The summed E-state index contributed by atoms with van der Waals surface area (Å²) in [7, 11) is 0. The molecule has 0 bridgehead atoms. The summed E-state index contributed by atoms with van der Waals surface area (Å²) >= 11 is 0. The molecule has 0 unspecified atom stereocenters. The predicted molar refractivity (Wildman–Crippen MR) is 64.0 cm³/mol. The number of carbonyl (C=O) groups is 1. The van der Waals surface area contributed by atoms with Crippen molar-refractivity contribution < 1.29 is 28.8 Å². The number of carboxylic acids is 1. The van der Waals surface area contributed by atoms with Crippen LogP contribution in [-0.2, 0) is 6.54 Å². The molecular weight excluding hydrogens is 237 g/mol. The van der Waals surface area contributed by atoms with Gasteiger partial charge >= 0.3 is 18.9 Å². The summed E-state index contributed by atoms with van der Waals surface area (Å²) in [6.07, 6.45) is 7.57. The molecule has 1 fully saturated rings. The zero-order valence-corrected chi connectivity index (χ0v) is 11.1. The Balaban J connectivity index is 0.00000133. The number of rotatable bonds is 4. The van der Waals surface area contributed by atoms with Crippen LogP contribution in [0.1, 0.15) is 35.7 Å². The van der Waals surface area contributed by atoms with E-state index in [1.165, 1.54) is 12.8 Å². The van der Waals surface area contributed by atoms with Gasteiger partial charge in [0, 0.05) is 36.2 Å². The van der Waals surface area contributed by atoms with Crippen LogP contribution in [0.5, 0.6) is 0 Å². The molecule has 2 aromatic rings. The third-order valence-electron chi connectivity index (χ3n) is 3.48. The van der Waals surface area contributed by atoms with E-state index in [4.69, 9.17) is 0 Å². The third-order valence-corrected chi connectivity index (χ3v) is 3.48. The van der Waals surface area contributed by atoms with Crippen molar-refractivity contribution in [2.75, 3.05) is 0 Å². The van der Waals surface area contributed by atoms with Crippen molar-refractivity contribution in [2.24, 2.45) is 0 Å². The minimum atomic E-state index is -1.19. The summed E-state index contributed by atoms with van der Waals surface area (Å²) in [4.78, 5) is 15.1. The number of aromatic carboxylic acids is 1. The Kier molecular flexibility index (Phi) is 3.73. The molecule has 1 saturated carbocycles. The van der Waals surface area contributed by atoms with Crippen LogP contribution in [0.4, 0.5) is 0 Å². The molecule has 0 atom stereocenters. The minimum Gasteiger partial charge on any atom is -0.545 e. The third kappa shape index (κ3) is 2.84. The van der Waals surface area contributed by atoms with Crippen LogP contribution in [-0.4, -0.2) is 20.9 Å². The molecule has 3 rings (SSSR count). The molecule has 0 spiro atoms. The van der Waals surface area contributed by atoms with Crippen molar-refractivity contribution in [3.8, 4) is 0 Å². The van der Waals surface area contributed by atoms with E-state index in [1.54, 1.807) is 22.9 Å². The number of nitrogens with zero attached hydrogens (tertiary/aromatic N) is 2. The largest absolute Gasteiger partial charge is 1.00 e. The Hall–Kier alpha value is -1.28. The molecule has 0 saturated heterocycles. The number of imidazole rings is 1. The maximum atomic E-state index is 11.1. The Morgan fingerprint density at radius 2 is 2.32 bits per heavy atom. The van der Waals surface area contributed by atoms with Crippen LogP contribution >= 0.6 is 0 Å². The zero-order valence-electron chi connectivity index (χ0n) is 11.1. The quantitative estimate of drug-likeness (QED) is 0.602. The van der Waals surface area contributed by atoms with Crippen molar-refractivity contribution in [1.29, 1.82) is 0 Å². The molecule has 6 heteroatoms. The summed E-state index contributed by atoms with van der Waals surface area (Å²) in [6, 6.07) is 1.64. The first-order valence-corrected chi connectivity index (χ1v) is 5.99. The molecule has 0 amide bonds. The number of fused-ring (bicyclic) bond motifs is 1. The van der Waals surface area contributed by atoms with Crippen molar-refractivity contribution in [3.63, 3.8) is 0 Å². The van der Waals surface area contributed by atoms with Gasteiger partial charge in [-0.15, -0.1) is 0 Å². The number of hydrogen-bond donors (Lipinski definition) is 1. The summed E-state index contributed by atoms with van der Waals surface area (Å²) in [5.74, 6) is -1.19. The Morgan fingerprint density at radius 3 is 2.95 bits per heavy atom. The van der Waals surface area contributed by atoms with E-state index in [0.29, 0.717) is 12.2 Å². The van der Waals surface area contributed by atoms with Gasteiger partial charge in [0.25, 0.3) is 0 Å². The molecule has 1 aliphatic carbocycles. The molecule has 5 nitrogen and oxygen atoms in total. The van der Waals surface area contributed by atoms with Gasteiger partial charge in [-0.3, -0.25) is 0 Å². The topological polar surface area (TPSA) is 69.5 Å². The van der Waals surface area contributed by atoms with Gasteiger partial charge in [-0.1, -0.05) is 0 Å². The number of nitrogens with one attached hydrogen (secondary N) is 1. The maximum Gasteiger partial charge on any atom is 1.00 e. The van der Waals surface area contributed by atoms with E-state index < -0.39 is 5.97 Å². The minimum absolute atomic E-state index is 0. The van der Waals surface area contributed by atoms with Crippen molar-refractivity contribution in [1.82, 2.24) is 14.7 Å². The van der Waals surface area contributed by atoms with Gasteiger partial charge in [0.15, 0.2) is 0 Å². The predicted octanol–water partition coefficient (Wildman–Crippen LogP) is -2.66. The van der Waals surface area contributed by atoms with Crippen LogP contribution in [0, 0.1) is 0 Å². The van der Waals surface area contributed by atoms with E-state index in [0.717, 1.165) is 5.56 Å². The molecule has 0 aromatic carbocycles. The molecule has 0 aliphatic heterocycles. The maximum absolute atomic E-state index is 11.1. The van der Waals surface area contributed by atoms with Gasteiger partial charge in [-0.25, -0.2) is 4.98 Å². The number of carbonyl (C=O) groups excluding carboxylic acids is 1. The normalized spacial score (nSPS) is 16.1. The van der Waals surface area contributed by atoms with Crippen LogP contribution < -0.4 is 29.3 Å². The SMILES string of the molecule is CC1(NCc2cc(C(=O)[O-])c3nccn3c2)CC1.[Li+]. The van der Waals surface area contributed by atoms with Crippen molar-refractivity contribution in [2.45, 2.75) is 31.8 Å². The molecule has 94 valence electrons. The zero-order chi connectivity index (χ0) is 12.8. The van der Waals surface area contributed by atoms with E-state index >= 15 is 0 Å². The summed E-state index contributed by atoms with van der Waals surface area (Å²) in [5.41, 5.74) is 1.72. The summed E-state index contributed by atoms with van der Waals surface area (Å²) in [6.45, 7) is 2.83. The second-order valence-electron chi connectivity index (χ2n) is 5.12. The summed E-state index contributed by atoms with van der Waals surface area (Å²) in [5, 5.41) is 14.5. The van der Waals surface area contributed by atoms with E-state index in [2.05, 4.69) is 17.2 Å². The van der Waals surface area contributed by atoms with Crippen molar-refractivity contribution in [3.05, 3.63) is 35.8 Å². The second kappa shape index (κ2) is 5.01. The standard InChI is InChI=1S/C13H15N3O2.Li/c1-13(2-3-13)15-7-9-6-10(12(17)18)11-14-4-5-16(11)8-9;/h4-6,8,15H,2-3,7H2,1H3,(H,17,18);/q;+1/p-1. The second-order valence-corrected chi connectivity index (χ2v) is 5.12. The number of aromatic nitrogens is 2. The van der Waals surface area contributed by atoms with Gasteiger partial charge in [-0.05, 0) is 31.4 Å². The molecule has 19 heavy (non-hydrogen) atoms. The summed E-state index contributed by atoms with van der Waals surface area (Å²) < 4.78 is 1.72. The molecule has 1 N–H and O–H groups in total. The molecule has 0 radical (unpaired) electrons. The van der Waals surface area contributed by atoms with E-state index in [-0.39, 0.29) is 30.0 Å². The van der Waals surface area contributed by atoms with E-state index in [9.17, 15) is 9.90 Å². The Labute approximate surface area is 123 Å². The first-order chi connectivity index (χ1) is 8.57. The fourth-order valence-electron chi connectivity index (χ4n) is 2.02. The monoisotopic (exact) mass is 251 g/mol. The van der Waals surface area contributed by atoms with Gasteiger partial charge in [0.2, 0.25) is 0 Å². The Morgan fingerprint density at radius 1 is 1.58 bits per heavy atom. The number of hydrogen-bond acceptors (Lipinski definition) is 4. The van der Waals surface area contributed by atoms with Crippen molar-refractivity contribution >= 4 is 11.6 Å². The first kappa shape index (κ1) is 14.1. The first-order valence-electron chi connectivity index (χ1n) is 5.99. The van der Waals surface area contributed by atoms with Gasteiger partial charge in [0.1, 0.15) is 5.65 Å². The van der Waals surface area contributed by atoms with Crippen LogP contribution in [0.25, 0.3) is 5.65 Å². The Bertz CT molecular complexity index is 619.